The van der Waals surface area contributed by atoms with Crippen molar-refractivity contribution in [1.82, 2.24) is 20.3 Å². The monoisotopic (exact) mass is 306 g/mol. The predicted octanol–water partition coefficient (Wildman–Crippen LogP) is 1.02. The van der Waals surface area contributed by atoms with E-state index >= 15 is 0 Å². The van der Waals surface area contributed by atoms with Gasteiger partial charge in [0, 0.05) is 17.1 Å². The lowest BCUT2D eigenvalue weighted by molar-refractivity contribution is 0.0769. The van der Waals surface area contributed by atoms with E-state index in [9.17, 15) is 0 Å². The number of hydrogen-bond donors (Lipinski definition) is 3. The van der Waals surface area contributed by atoms with Crippen LogP contribution in [0.5, 0.6) is 0 Å². The Kier molecular flexibility index (Phi) is 3.87. The summed E-state index contributed by atoms with van der Waals surface area (Å²) in [7, 11) is 0. The molecule has 1 aliphatic rings. The van der Waals surface area contributed by atoms with E-state index in [1.165, 1.54) is 0 Å². The number of rotatable bonds is 2. The molecule has 1 fully saturated rings. The summed E-state index contributed by atoms with van der Waals surface area (Å²) in [5.74, 6) is 0.566. The standard InChI is InChI=1S/C13H15ClN6O/c14-9-4-7(10-6-21-2-1-17-10)3-8(5-9)11-18-12(15)20-13(16)19-11/h3-5,10,17H,1-2,6H2,(H4,15,16,18,19,20). The first kappa shape index (κ1) is 14.0. The lowest BCUT2D eigenvalue weighted by atomic mass is 10.0. The van der Waals surface area contributed by atoms with Gasteiger partial charge in [-0.2, -0.15) is 15.0 Å². The number of halogens is 1. The molecule has 0 radical (unpaired) electrons. The average molecular weight is 307 g/mol. The van der Waals surface area contributed by atoms with Gasteiger partial charge in [0.1, 0.15) is 0 Å². The highest BCUT2D eigenvalue weighted by molar-refractivity contribution is 6.30. The van der Waals surface area contributed by atoms with E-state index in [1.54, 1.807) is 6.07 Å². The largest absolute Gasteiger partial charge is 0.378 e. The molecule has 1 aliphatic heterocycles. The zero-order valence-corrected chi connectivity index (χ0v) is 12.0. The number of hydrogen-bond acceptors (Lipinski definition) is 7. The van der Waals surface area contributed by atoms with Gasteiger partial charge < -0.3 is 21.5 Å². The Morgan fingerprint density at radius 2 is 1.90 bits per heavy atom. The number of nitrogen functional groups attached to an aromatic ring is 2. The molecule has 21 heavy (non-hydrogen) atoms. The van der Waals surface area contributed by atoms with Crippen LogP contribution in [0.15, 0.2) is 18.2 Å². The molecule has 7 nitrogen and oxygen atoms in total. The minimum atomic E-state index is 0.0816. The fourth-order valence-electron chi connectivity index (χ4n) is 2.26. The van der Waals surface area contributed by atoms with Crippen LogP contribution in [0.3, 0.4) is 0 Å². The minimum absolute atomic E-state index is 0.0816. The van der Waals surface area contributed by atoms with Gasteiger partial charge in [0.05, 0.1) is 19.3 Å². The summed E-state index contributed by atoms with van der Waals surface area (Å²) >= 11 is 6.20. The van der Waals surface area contributed by atoms with E-state index in [1.807, 2.05) is 12.1 Å². The molecular weight excluding hydrogens is 292 g/mol. The van der Waals surface area contributed by atoms with Crippen molar-refractivity contribution < 1.29 is 4.74 Å². The van der Waals surface area contributed by atoms with Crippen LogP contribution in [0.1, 0.15) is 11.6 Å². The van der Waals surface area contributed by atoms with Crippen molar-refractivity contribution in [3.8, 4) is 11.4 Å². The van der Waals surface area contributed by atoms with Crippen molar-refractivity contribution in [3.05, 3.63) is 28.8 Å². The Labute approximate surface area is 126 Å². The van der Waals surface area contributed by atoms with Crippen LogP contribution in [0.25, 0.3) is 11.4 Å². The van der Waals surface area contributed by atoms with Crippen molar-refractivity contribution in [2.75, 3.05) is 31.2 Å². The number of anilines is 2. The SMILES string of the molecule is Nc1nc(N)nc(-c2cc(Cl)cc(C3COCCN3)c2)n1. The second-order valence-corrected chi connectivity index (χ2v) is 5.17. The highest BCUT2D eigenvalue weighted by Gasteiger charge is 2.17. The fraction of sp³-hybridized carbons (Fsp3) is 0.308. The van der Waals surface area contributed by atoms with Gasteiger partial charge in [-0.1, -0.05) is 11.6 Å². The number of aromatic nitrogens is 3. The summed E-state index contributed by atoms with van der Waals surface area (Å²) in [6, 6.07) is 5.70. The van der Waals surface area contributed by atoms with Gasteiger partial charge in [-0.05, 0) is 23.8 Å². The van der Waals surface area contributed by atoms with E-state index in [-0.39, 0.29) is 17.9 Å². The van der Waals surface area contributed by atoms with Crippen LogP contribution in [0.2, 0.25) is 5.02 Å². The normalized spacial score (nSPS) is 18.6. The molecule has 1 atom stereocenters. The van der Waals surface area contributed by atoms with E-state index in [0.717, 1.165) is 17.7 Å². The van der Waals surface area contributed by atoms with Crippen molar-refractivity contribution >= 4 is 23.5 Å². The number of benzene rings is 1. The zero-order valence-electron chi connectivity index (χ0n) is 11.2. The van der Waals surface area contributed by atoms with Gasteiger partial charge in [0.15, 0.2) is 5.82 Å². The highest BCUT2D eigenvalue weighted by atomic mass is 35.5. The summed E-state index contributed by atoms with van der Waals surface area (Å²) in [5, 5.41) is 3.97. The molecule has 0 amide bonds. The lowest BCUT2D eigenvalue weighted by Crippen LogP contribution is -2.34. The van der Waals surface area contributed by atoms with Gasteiger partial charge in [-0.25, -0.2) is 0 Å². The summed E-state index contributed by atoms with van der Waals surface area (Å²) < 4.78 is 5.47. The van der Waals surface area contributed by atoms with Crippen LogP contribution < -0.4 is 16.8 Å². The molecular formula is C13H15ClN6O. The Morgan fingerprint density at radius 3 is 2.57 bits per heavy atom. The second-order valence-electron chi connectivity index (χ2n) is 4.73. The summed E-state index contributed by atoms with van der Waals surface area (Å²) in [6.07, 6.45) is 0. The van der Waals surface area contributed by atoms with E-state index in [2.05, 4.69) is 20.3 Å². The molecule has 2 aromatic rings. The molecule has 1 aromatic carbocycles. The molecule has 2 heterocycles. The molecule has 0 bridgehead atoms. The summed E-state index contributed by atoms with van der Waals surface area (Å²) in [5.41, 5.74) is 13.0. The smallest absolute Gasteiger partial charge is 0.225 e. The van der Waals surface area contributed by atoms with Crippen LogP contribution >= 0.6 is 11.6 Å². The maximum absolute atomic E-state index is 6.20. The fourth-order valence-corrected chi connectivity index (χ4v) is 2.50. The lowest BCUT2D eigenvalue weighted by Gasteiger charge is -2.24. The third kappa shape index (κ3) is 3.21. The van der Waals surface area contributed by atoms with E-state index < -0.39 is 0 Å². The van der Waals surface area contributed by atoms with Crippen molar-refractivity contribution in [2.24, 2.45) is 0 Å². The first-order chi connectivity index (χ1) is 10.1. The highest BCUT2D eigenvalue weighted by Crippen LogP contribution is 2.27. The van der Waals surface area contributed by atoms with Crippen LogP contribution in [0, 0.1) is 0 Å². The van der Waals surface area contributed by atoms with Crippen LogP contribution in [0.4, 0.5) is 11.9 Å². The van der Waals surface area contributed by atoms with Gasteiger partial charge >= 0.3 is 0 Å². The van der Waals surface area contributed by atoms with Crippen molar-refractivity contribution in [1.29, 1.82) is 0 Å². The molecule has 3 rings (SSSR count). The Balaban J connectivity index is 2.00. The Bertz CT molecular complexity index is 639. The first-order valence-corrected chi connectivity index (χ1v) is 6.88. The number of nitrogens with zero attached hydrogens (tertiary/aromatic N) is 3. The third-order valence-corrected chi connectivity index (χ3v) is 3.39. The molecule has 110 valence electrons. The van der Waals surface area contributed by atoms with Gasteiger partial charge in [0.2, 0.25) is 11.9 Å². The molecule has 0 saturated carbocycles. The third-order valence-electron chi connectivity index (χ3n) is 3.17. The van der Waals surface area contributed by atoms with E-state index in [4.69, 9.17) is 27.8 Å². The molecule has 0 spiro atoms. The van der Waals surface area contributed by atoms with E-state index in [0.29, 0.717) is 24.1 Å². The quantitative estimate of drug-likeness (QED) is 0.759. The molecule has 8 heteroatoms. The maximum Gasteiger partial charge on any atom is 0.225 e. The first-order valence-electron chi connectivity index (χ1n) is 6.51. The average Bonchev–Trinajstić information content (AvgIpc) is 2.46. The van der Waals surface area contributed by atoms with Gasteiger partial charge in [-0.15, -0.1) is 0 Å². The number of nitrogens with two attached hydrogens (primary N) is 2. The molecule has 1 aromatic heterocycles. The number of ether oxygens (including phenoxy) is 1. The Morgan fingerprint density at radius 1 is 1.14 bits per heavy atom. The molecule has 1 saturated heterocycles. The zero-order chi connectivity index (χ0) is 14.8. The van der Waals surface area contributed by atoms with Crippen LogP contribution in [-0.2, 0) is 4.74 Å². The maximum atomic E-state index is 6.20. The molecule has 1 unspecified atom stereocenters. The van der Waals surface area contributed by atoms with Crippen LogP contribution in [-0.4, -0.2) is 34.7 Å². The summed E-state index contributed by atoms with van der Waals surface area (Å²) in [4.78, 5) is 12.0. The van der Waals surface area contributed by atoms with Gasteiger partial charge in [0.25, 0.3) is 0 Å². The molecule has 0 aliphatic carbocycles. The van der Waals surface area contributed by atoms with Crippen molar-refractivity contribution in [3.63, 3.8) is 0 Å². The summed E-state index contributed by atoms with van der Waals surface area (Å²) in [6.45, 7) is 2.11. The van der Waals surface area contributed by atoms with Gasteiger partial charge in [-0.3, -0.25) is 0 Å². The second kappa shape index (κ2) is 5.80. The number of morpholine rings is 1. The predicted molar refractivity (Wildman–Crippen MR) is 80.7 cm³/mol. The Hall–Kier alpha value is -1.96. The molecule has 5 N–H and O–H groups in total. The topological polar surface area (TPSA) is 112 Å². The van der Waals surface area contributed by atoms with Crippen molar-refractivity contribution in [2.45, 2.75) is 6.04 Å². The minimum Gasteiger partial charge on any atom is -0.378 e. The number of nitrogens with one attached hydrogen (secondary N) is 1.